The van der Waals surface area contributed by atoms with E-state index in [9.17, 15) is 0 Å². The third-order valence-electron chi connectivity index (χ3n) is 2.93. The molecule has 7 nitrogen and oxygen atoms in total. The number of rotatable bonds is 4. The average Bonchev–Trinajstić information content (AvgIpc) is 2.87. The summed E-state index contributed by atoms with van der Waals surface area (Å²) in [6.07, 6.45) is 1.87. The Morgan fingerprint density at radius 3 is 2.95 bits per heavy atom. The minimum absolute atomic E-state index is 0.450. The molecule has 3 aromatic rings. The molecule has 0 aliphatic heterocycles. The third kappa shape index (κ3) is 2.43. The molecule has 2 heterocycles. The maximum absolute atomic E-state index is 5.96. The van der Waals surface area contributed by atoms with Gasteiger partial charge in [0, 0.05) is 11.9 Å². The van der Waals surface area contributed by atoms with Crippen LogP contribution in [0.25, 0.3) is 10.9 Å². The molecule has 0 aliphatic carbocycles. The van der Waals surface area contributed by atoms with Crippen molar-refractivity contribution < 1.29 is 0 Å². The van der Waals surface area contributed by atoms with E-state index in [0.717, 1.165) is 16.6 Å². The van der Waals surface area contributed by atoms with E-state index in [1.54, 1.807) is 4.68 Å². The van der Waals surface area contributed by atoms with E-state index in [1.165, 1.54) is 0 Å². The first-order chi connectivity index (χ1) is 9.76. The Balaban J connectivity index is 1.90. The highest BCUT2D eigenvalue weighted by Gasteiger charge is 2.07. The number of hydrogen-bond donors (Lipinski definition) is 2. The Morgan fingerprint density at radius 2 is 2.10 bits per heavy atom. The van der Waals surface area contributed by atoms with Gasteiger partial charge in [0.05, 0.1) is 17.4 Å². The van der Waals surface area contributed by atoms with Crippen molar-refractivity contribution in [2.45, 2.75) is 13.1 Å². The van der Waals surface area contributed by atoms with E-state index < -0.39 is 0 Å². The van der Waals surface area contributed by atoms with E-state index >= 15 is 0 Å². The number of fused-ring (bicyclic) bond motifs is 1. The third-order valence-corrected chi connectivity index (χ3v) is 2.93. The minimum Gasteiger partial charge on any atom is -0.383 e. The predicted octanol–water partition coefficient (Wildman–Crippen LogP) is 0.571. The highest BCUT2D eigenvalue weighted by Crippen LogP contribution is 2.17. The van der Waals surface area contributed by atoms with Crippen LogP contribution in [0.1, 0.15) is 11.5 Å². The van der Waals surface area contributed by atoms with Gasteiger partial charge < -0.3 is 11.1 Å². The van der Waals surface area contributed by atoms with Crippen LogP contribution in [-0.4, -0.2) is 32.0 Å². The molecule has 3 rings (SSSR count). The molecule has 0 amide bonds. The summed E-state index contributed by atoms with van der Waals surface area (Å²) in [5, 5.41) is 12.0. The Labute approximate surface area is 115 Å². The summed E-state index contributed by atoms with van der Waals surface area (Å²) >= 11 is 0. The molecule has 0 bridgehead atoms. The number of benzene rings is 1. The first-order valence-corrected chi connectivity index (χ1v) is 6.31. The molecule has 7 heteroatoms. The zero-order valence-corrected chi connectivity index (χ0v) is 11.1. The SMILES string of the molecule is CNCc1cn(Cc2nc(N)c3ccccc3n2)nn1. The molecule has 102 valence electrons. The Hall–Kier alpha value is -2.54. The van der Waals surface area contributed by atoms with E-state index in [4.69, 9.17) is 5.73 Å². The van der Waals surface area contributed by atoms with Crippen LogP contribution in [0, 0.1) is 0 Å². The van der Waals surface area contributed by atoms with Crippen molar-refractivity contribution in [2.75, 3.05) is 12.8 Å². The molecule has 0 saturated heterocycles. The van der Waals surface area contributed by atoms with E-state index in [-0.39, 0.29) is 0 Å². The Bertz CT molecular complexity index is 734. The number of nitrogen functional groups attached to an aromatic ring is 1. The molecule has 20 heavy (non-hydrogen) atoms. The van der Waals surface area contributed by atoms with Gasteiger partial charge in [-0.25, -0.2) is 14.6 Å². The number of nitrogens with one attached hydrogen (secondary N) is 1. The summed E-state index contributed by atoms with van der Waals surface area (Å²) in [5.41, 5.74) is 7.67. The number of aromatic nitrogens is 5. The molecule has 1 aromatic carbocycles. The van der Waals surface area contributed by atoms with E-state index in [0.29, 0.717) is 24.7 Å². The molecule has 0 radical (unpaired) electrons. The zero-order valence-electron chi connectivity index (χ0n) is 11.1. The molecule has 3 N–H and O–H groups in total. The van der Waals surface area contributed by atoms with Gasteiger partial charge in [-0.1, -0.05) is 17.3 Å². The predicted molar refractivity (Wildman–Crippen MR) is 75.8 cm³/mol. The quantitative estimate of drug-likeness (QED) is 0.719. The highest BCUT2D eigenvalue weighted by molar-refractivity contribution is 5.87. The van der Waals surface area contributed by atoms with Gasteiger partial charge in [-0.2, -0.15) is 0 Å². The van der Waals surface area contributed by atoms with E-state index in [1.807, 2.05) is 37.5 Å². The summed E-state index contributed by atoms with van der Waals surface area (Å²) in [4.78, 5) is 8.81. The number of nitrogens with two attached hydrogens (primary N) is 1. The Kier molecular flexibility index (Phi) is 3.26. The fourth-order valence-corrected chi connectivity index (χ4v) is 2.04. The van der Waals surface area contributed by atoms with Gasteiger partial charge >= 0.3 is 0 Å². The summed E-state index contributed by atoms with van der Waals surface area (Å²) in [5.74, 6) is 1.11. The lowest BCUT2D eigenvalue weighted by Crippen LogP contribution is -2.07. The second-order valence-electron chi connectivity index (χ2n) is 4.48. The first-order valence-electron chi connectivity index (χ1n) is 6.31. The van der Waals surface area contributed by atoms with Crippen molar-refractivity contribution in [1.29, 1.82) is 0 Å². The van der Waals surface area contributed by atoms with Gasteiger partial charge in [-0.3, -0.25) is 0 Å². The summed E-state index contributed by atoms with van der Waals surface area (Å²) in [7, 11) is 1.87. The molecule has 0 aliphatic rings. The second-order valence-corrected chi connectivity index (χ2v) is 4.48. The topological polar surface area (TPSA) is 94.5 Å². The molecular formula is C13H15N7. The first kappa shape index (κ1) is 12.5. The molecule has 0 unspecified atom stereocenters. The van der Waals surface area contributed by atoms with Crippen molar-refractivity contribution in [3.8, 4) is 0 Å². The molecular weight excluding hydrogens is 254 g/mol. The molecule has 2 aromatic heterocycles. The van der Waals surface area contributed by atoms with Crippen LogP contribution in [0.4, 0.5) is 5.82 Å². The lowest BCUT2D eigenvalue weighted by atomic mass is 10.2. The van der Waals surface area contributed by atoms with Crippen LogP contribution in [0.5, 0.6) is 0 Å². The van der Waals surface area contributed by atoms with Gasteiger partial charge in [0.25, 0.3) is 0 Å². The summed E-state index contributed by atoms with van der Waals surface area (Å²) < 4.78 is 1.70. The van der Waals surface area contributed by atoms with Crippen LogP contribution in [-0.2, 0) is 13.1 Å². The smallest absolute Gasteiger partial charge is 0.152 e. The zero-order chi connectivity index (χ0) is 13.9. The van der Waals surface area contributed by atoms with Crippen LogP contribution < -0.4 is 11.1 Å². The van der Waals surface area contributed by atoms with Crippen molar-refractivity contribution in [3.05, 3.63) is 42.0 Å². The fraction of sp³-hybridized carbons (Fsp3) is 0.231. The van der Waals surface area contributed by atoms with Gasteiger partial charge in [0.1, 0.15) is 12.4 Å². The monoisotopic (exact) mass is 269 g/mol. The van der Waals surface area contributed by atoms with Crippen LogP contribution in [0.2, 0.25) is 0 Å². The maximum Gasteiger partial charge on any atom is 0.152 e. The van der Waals surface area contributed by atoms with Crippen molar-refractivity contribution in [3.63, 3.8) is 0 Å². The van der Waals surface area contributed by atoms with Crippen molar-refractivity contribution in [2.24, 2.45) is 0 Å². The standard InChI is InChI=1S/C13H15N7/c1-15-6-9-7-20(19-18-9)8-12-16-11-5-3-2-4-10(11)13(14)17-12/h2-5,7,15H,6,8H2,1H3,(H2,14,16,17). The minimum atomic E-state index is 0.450. The largest absolute Gasteiger partial charge is 0.383 e. The van der Waals surface area contributed by atoms with Crippen LogP contribution in [0.15, 0.2) is 30.5 Å². The van der Waals surface area contributed by atoms with Gasteiger partial charge in [-0.15, -0.1) is 5.10 Å². The normalized spacial score (nSPS) is 11.1. The second kappa shape index (κ2) is 5.22. The lowest BCUT2D eigenvalue weighted by molar-refractivity contribution is 0.627. The van der Waals surface area contributed by atoms with E-state index in [2.05, 4.69) is 25.6 Å². The van der Waals surface area contributed by atoms with Gasteiger partial charge in [0.15, 0.2) is 5.82 Å². The molecule has 0 spiro atoms. The number of anilines is 1. The number of nitrogens with zero attached hydrogens (tertiary/aromatic N) is 5. The highest BCUT2D eigenvalue weighted by atomic mass is 15.4. The fourth-order valence-electron chi connectivity index (χ4n) is 2.04. The Morgan fingerprint density at radius 1 is 1.25 bits per heavy atom. The lowest BCUT2D eigenvalue weighted by Gasteiger charge is -2.04. The maximum atomic E-state index is 5.96. The van der Waals surface area contributed by atoms with Crippen molar-refractivity contribution in [1.82, 2.24) is 30.3 Å². The molecule has 0 fully saturated rings. The van der Waals surface area contributed by atoms with Crippen LogP contribution in [0.3, 0.4) is 0 Å². The molecule has 0 atom stereocenters. The number of para-hydroxylation sites is 1. The van der Waals surface area contributed by atoms with Gasteiger partial charge in [-0.05, 0) is 19.2 Å². The van der Waals surface area contributed by atoms with Gasteiger partial charge in [0.2, 0.25) is 0 Å². The molecule has 0 saturated carbocycles. The summed E-state index contributed by atoms with van der Waals surface area (Å²) in [6.45, 7) is 1.13. The number of hydrogen-bond acceptors (Lipinski definition) is 6. The van der Waals surface area contributed by atoms with Crippen molar-refractivity contribution >= 4 is 16.7 Å². The van der Waals surface area contributed by atoms with Crippen LogP contribution >= 0.6 is 0 Å². The summed E-state index contributed by atoms with van der Waals surface area (Å²) in [6, 6.07) is 7.68. The average molecular weight is 269 g/mol.